The van der Waals surface area contributed by atoms with E-state index >= 15 is 0 Å². The van der Waals surface area contributed by atoms with Crippen molar-refractivity contribution in [3.63, 3.8) is 0 Å². The Morgan fingerprint density at radius 2 is 2.18 bits per heavy atom. The first-order valence-corrected chi connectivity index (χ1v) is 6.44. The minimum atomic E-state index is -1.19. The number of fused-ring (bicyclic) bond motifs is 1. The fourth-order valence-electron chi connectivity index (χ4n) is 2.21. The predicted molar refractivity (Wildman–Crippen MR) is 64.1 cm³/mol. The van der Waals surface area contributed by atoms with Crippen LogP contribution in [0, 0.1) is 5.92 Å². The second-order valence-electron chi connectivity index (χ2n) is 4.52. The number of aromatic carboxylic acids is 1. The number of nitrogens with one attached hydrogen (secondary N) is 1. The number of carboxylic acids is 1. The number of thiophene rings is 1. The van der Waals surface area contributed by atoms with Gasteiger partial charge in [0.25, 0.3) is 0 Å². The second-order valence-corrected chi connectivity index (χ2v) is 5.63. The third-order valence-corrected chi connectivity index (χ3v) is 4.18. The maximum atomic E-state index is 11.2. The Balaban J connectivity index is 2.46. The summed E-state index contributed by atoms with van der Waals surface area (Å²) in [5.41, 5.74) is 1.05. The highest BCUT2D eigenvalue weighted by Gasteiger charge is 2.24. The van der Waals surface area contributed by atoms with Crippen LogP contribution in [-0.4, -0.2) is 11.9 Å². The van der Waals surface area contributed by atoms with E-state index in [2.05, 4.69) is 12.2 Å². The number of anilines is 1. The zero-order valence-corrected chi connectivity index (χ0v) is 10.6. The van der Waals surface area contributed by atoms with Crippen molar-refractivity contribution in [1.82, 2.24) is 0 Å². The molecule has 2 rings (SSSR count). The third kappa shape index (κ3) is 2.34. The van der Waals surface area contributed by atoms with Crippen molar-refractivity contribution in [3.05, 3.63) is 16.0 Å². The van der Waals surface area contributed by atoms with Gasteiger partial charge in [0.05, 0.1) is 5.97 Å². The number of carboxylic acid groups (broad SMARTS) is 1. The fraction of sp³-hybridized carbons (Fsp3) is 0.500. The maximum Gasteiger partial charge on any atom is 0.221 e. The molecular formula is C12H14NO3S-. The average molecular weight is 252 g/mol. The number of carbonyl (C=O) groups is 2. The molecular weight excluding hydrogens is 238 g/mol. The summed E-state index contributed by atoms with van der Waals surface area (Å²) in [6.45, 7) is 3.53. The summed E-state index contributed by atoms with van der Waals surface area (Å²) < 4.78 is 0. The summed E-state index contributed by atoms with van der Waals surface area (Å²) in [4.78, 5) is 23.3. The lowest BCUT2D eigenvalue weighted by Gasteiger charge is -2.19. The lowest BCUT2D eigenvalue weighted by atomic mass is 9.88. The Morgan fingerprint density at radius 3 is 2.76 bits per heavy atom. The van der Waals surface area contributed by atoms with Gasteiger partial charge in [-0.3, -0.25) is 4.79 Å². The smallest absolute Gasteiger partial charge is 0.221 e. The Labute approximate surface area is 104 Å². The third-order valence-electron chi connectivity index (χ3n) is 3.01. The van der Waals surface area contributed by atoms with Crippen molar-refractivity contribution in [2.24, 2.45) is 5.92 Å². The maximum absolute atomic E-state index is 11.2. The highest BCUT2D eigenvalue weighted by molar-refractivity contribution is 7.17. The molecule has 1 atom stereocenters. The monoisotopic (exact) mass is 252 g/mol. The summed E-state index contributed by atoms with van der Waals surface area (Å²) in [5.74, 6) is -0.874. The zero-order chi connectivity index (χ0) is 12.6. The van der Waals surface area contributed by atoms with Crippen LogP contribution in [0.2, 0.25) is 0 Å². The largest absolute Gasteiger partial charge is 0.545 e. The van der Waals surface area contributed by atoms with E-state index in [1.165, 1.54) is 18.3 Å². The number of hydrogen-bond donors (Lipinski definition) is 1. The van der Waals surface area contributed by atoms with Gasteiger partial charge in [0.1, 0.15) is 5.00 Å². The number of carbonyl (C=O) groups excluding carboxylic acids is 2. The number of hydrogen-bond acceptors (Lipinski definition) is 4. The summed E-state index contributed by atoms with van der Waals surface area (Å²) in [6.07, 6.45) is 2.64. The molecule has 1 N–H and O–H groups in total. The summed E-state index contributed by atoms with van der Waals surface area (Å²) >= 11 is 1.37. The highest BCUT2D eigenvalue weighted by atomic mass is 32.1. The molecule has 0 saturated carbocycles. The van der Waals surface area contributed by atoms with Gasteiger partial charge in [-0.25, -0.2) is 0 Å². The van der Waals surface area contributed by atoms with Gasteiger partial charge in [0.15, 0.2) is 0 Å². The molecule has 0 bridgehead atoms. The predicted octanol–water partition coefficient (Wildman–Crippen LogP) is 1.19. The summed E-state index contributed by atoms with van der Waals surface area (Å²) in [7, 11) is 0. The fourth-order valence-corrected chi connectivity index (χ4v) is 3.66. The van der Waals surface area contributed by atoms with Gasteiger partial charge in [0, 0.05) is 17.4 Å². The Bertz CT molecular complexity index is 478. The SMILES string of the molecule is CC(=O)Nc1sc2c(c1C(=O)[O-])CCC(C)C2. The van der Waals surface area contributed by atoms with Crippen LogP contribution >= 0.6 is 11.3 Å². The van der Waals surface area contributed by atoms with Crippen LogP contribution in [0.4, 0.5) is 5.00 Å². The normalized spacial score (nSPS) is 18.6. The minimum absolute atomic E-state index is 0.187. The lowest BCUT2D eigenvalue weighted by Crippen LogP contribution is -2.25. The van der Waals surface area contributed by atoms with Gasteiger partial charge in [0.2, 0.25) is 5.91 Å². The van der Waals surface area contributed by atoms with Gasteiger partial charge in [-0.05, 0) is 30.7 Å². The van der Waals surface area contributed by atoms with E-state index in [1.54, 1.807) is 0 Å². The van der Waals surface area contributed by atoms with Crippen LogP contribution in [0.3, 0.4) is 0 Å². The molecule has 1 amide bonds. The Hall–Kier alpha value is -1.36. The molecule has 92 valence electrons. The van der Waals surface area contributed by atoms with E-state index in [-0.39, 0.29) is 11.5 Å². The van der Waals surface area contributed by atoms with E-state index in [9.17, 15) is 14.7 Å². The first-order chi connectivity index (χ1) is 7.99. The molecule has 0 fully saturated rings. The second kappa shape index (κ2) is 4.49. The topological polar surface area (TPSA) is 69.2 Å². The van der Waals surface area contributed by atoms with Gasteiger partial charge in [-0.2, -0.15) is 0 Å². The van der Waals surface area contributed by atoms with Crippen molar-refractivity contribution in [3.8, 4) is 0 Å². The molecule has 0 saturated heterocycles. The lowest BCUT2D eigenvalue weighted by molar-refractivity contribution is -0.254. The molecule has 1 aliphatic carbocycles. The zero-order valence-electron chi connectivity index (χ0n) is 9.83. The van der Waals surface area contributed by atoms with Gasteiger partial charge in [-0.15, -0.1) is 11.3 Å². The molecule has 1 aromatic rings. The van der Waals surface area contributed by atoms with Gasteiger partial charge in [-0.1, -0.05) is 6.92 Å². The average Bonchev–Trinajstić information content (AvgIpc) is 2.53. The molecule has 0 aliphatic heterocycles. The van der Waals surface area contributed by atoms with Gasteiger partial charge < -0.3 is 15.2 Å². The van der Waals surface area contributed by atoms with Crippen LogP contribution in [0.1, 0.15) is 41.1 Å². The van der Waals surface area contributed by atoms with E-state index < -0.39 is 5.97 Å². The standard InChI is InChI=1S/C12H15NO3S/c1-6-3-4-8-9(5-6)17-11(13-7(2)14)10(8)12(15)16/h6H,3-5H2,1-2H3,(H,13,14)(H,15,16)/p-1. The Kier molecular flexibility index (Phi) is 3.19. The first kappa shape index (κ1) is 12.1. The molecule has 4 nitrogen and oxygen atoms in total. The van der Waals surface area contributed by atoms with E-state index in [0.29, 0.717) is 10.9 Å². The summed E-state index contributed by atoms with van der Waals surface area (Å²) in [6, 6.07) is 0. The highest BCUT2D eigenvalue weighted by Crippen LogP contribution is 2.39. The van der Waals surface area contributed by atoms with E-state index in [1.807, 2.05) is 0 Å². The number of amides is 1. The molecule has 17 heavy (non-hydrogen) atoms. The molecule has 0 spiro atoms. The van der Waals surface area contributed by atoms with Crippen molar-refractivity contribution >= 4 is 28.2 Å². The van der Waals surface area contributed by atoms with Crippen LogP contribution in [0.25, 0.3) is 0 Å². The van der Waals surface area contributed by atoms with E-state index in [4.69, 9.17) is 0 Å². The van der Waals surface area contributed by atoms with Crippen LogP contribution < -0.4 is 10.4 Å². The summed E-state index contributed by atoms with van der Waals surface area (Å²) in [5, 5.41) is 14.2. The van der Waals surface area contributed by atoms with Crippen molar-refractivity contribution in [1.29, 1.82) is 0 Å². The van der Waals surface area contributed by atoms with Crippen LogP contribution in [0.5, 0.6) is 0 Å². The van der Waals surface area contributed by atoms with Crippen LogP contribution in [0.15, 0.2) is 0 Å². The molecule has 0 radical (unpaired) electrons. The van der Waals surface area contributed by atoms with E-state index in [0.717, 1.165) is 29.7 Å². The molecule has 1 unspecified atom stereocenters. The Morgan fingerprint density at radius 1 is 1.47 bits per heavy atom. The molecule has 5 heteroatoms. The van der Waals surface area contributed by atoms with Crippen molar-refractivity contribution in [2.45, 2.75) is 33.1 Å². The van der Waals surface area contributed by atoms with Gasteiger partial charge >= 0.3 is 0 Å². The van der Waals surface area contributed by atoms with Crippen LogP contribution in [-0.2, 0) is 17.6 Å². The molecule has 1 heterocycles. The number of rotatable bonds is 2. The van der Waals surface area contributed by atoms with Crippen molar-refractivity contribution < 1.29 is 14.7 Å². The molecule has 0 aromatic carbocycles. The quantitative estimate of drug-likeness (QED) is 0.859. The molecule has 1 aliphatic rings. The first-order valence-electron chi connectivity index (χ1n) is 5.62. The minimum Gasteiger partial charge on any atom is -0.545 e. The molecule has 1 aromatic heterocycles. The van der Waals surface area contributed by atoms with Crippen molar-refractivity contribution in [2.75, 3.05) is 5.32 Å².